The van der Waals surface area contributed by atoms with Crippen LogP contribution in [-0.4, -0.2) is 63.7 Å². The van der Waals surface area contributed by atoms with Crippen LogP contribution in [0.15, 0.2) is 36.4 Å². The van der Waals surface area contributed by atoms with Gasteiger partial charge >= 0.3 is 0 Å². The van der Waals surface area contributed by atoms with E-state index in [-0.39, 0.29) is 24.9 Å². The largest absolute Gasteiger partial charge is 0.456 e. The highest BCUT2D eigenvalue weighted by Crippen LogP contribution is 2.43. The highest BCUT2D eigenvalue weighted by Gasteiger charge is 2.48. The fourth-order valence-corrected chi connectivity index (χ4v) is 4.55. The number of benzene rings is 1. The average Bonchev–Trinajstić information content (AvgIpc) is 3.04. The third-order valence-electron chi connectivity index (χ3n) is 5.99. The lowest BCUT2D eigenvalue weighted by Gasteiger charge is -2.15. The Morgan fingerprint density at radius 1 is 1.13 bits per heavy atom. The molecule has 1 saturated carbocycles. The molecule has 1 unspecified atom stereocenters. The number of nitrogens with zero attached hydrogens (tertiary/aromatic N) is 2. The molecule has 3 aromatic rings. The van der Waals surface area contributed by atoms with Crippen molar-refractivity contribution in [2.24, 2.45) is 0 Å². The number of pyridine rings is 1. The van der Waals surface area contributed by atoms with Crippen molar-refractivity contribution in [1.82, 2.24) is 15.0 Å². The van der Waals surface area contributed by atoms with Crippen molar-refractivity contribution in [2.75, 3.05) is 18.5 Å². The Hall–Kier alpha value is -2.39. The fraction of sp³-hybridized carbons (Fsp3) is 0.429. The molecule has 30 heavy (non-hydrogen) atoms. The number of H-pyrrole nitrogens is 1. The molecule has 3 N–H and O–H groups in total. The van der Waals surface area contributed by atoms with Crippen molar-refractivity contribution in [3.05, 3.63) is 47.0 Å². The number of aliphatic hydroxyl groups excluding tert-OH is 1. The smallest absolute Gasteiger partial charge is 0.296 e. The Kier molecular flexibility index (Phi) is 4.35. The quantitative estimate of drug-likeness (QED) is 0.573. The van der Waals surface area contributed by atoms with Gasteiger partial charge in [0.05, 0.1) is 23.8 Å². The summed E-state index contributed by atoms with van der Waals surface area (Å²) in [6, 6.07) is 12.9. The molecule has 3 fully saturated rings. The zero-order chi connectivity index (χ0) is 20.2. The van der Waals surface area contributed by atoms with Crippen molar-refractivity contribution in [3.63, 3.8) is 0 Å². The monoisotopic (exact) mass is 428 g/mol. The Morgan fingerprint density at radius 3 is 2.83 bits per heavy atom. The van der Waals surface area contributed by atoms with E-state index in [2.05, 4.69) is 44.5 Å². The number of aromatic nitrogens is 3. The molecule has 0 radical (unpaired) electrons. The summed E-state index contributed by atoms with van der Waals surface area (Å²) in [5.41, 5.74) is 2.54. The molecule has 6 rings (SSSR count). The predicted molar refractivity (Wildman–Crippen MR) is 110 cm³/mol. The summed E-state index contributed by atoms with van der Waals surface area (Å²) < 4.78 is 17.1. The Morgan fingerprint density at radius 2 is 1.97 bits per heavy atom. The molecule has 0 amide bonds. The Balaban J connectivity index is 1.17. The van der Waals surface area contributed by atoms with E-state index in [1.807, 2.05) is 6.07 Å². The summed E-state index contributed by atoms with van der Waals surface area (Å²) in [6.45, 7) is 0.597. The molecule has 4 heterocycles. The van der Waals surface area contributed by atoms with Gasteiger partial charge in [-0.05, 0) is 18.1 Å². The molecule has 0 spiro atoms. The molecular formula is C21H21ClN4O4. The molecule has 3 aliphatic rings. The number of halogens is 1. The summed E-state index contributed by atoms with van der Waals surface area (Å²) in [7, 11) is 0. The summed E-state index contributed by atoms with van der Waals surface area (Å²) in [5, 5.41) is 13.8. The van der Waals surface area contributed by atoms with E-state index in [4.69, 9.17) is 25.8 Å². The van der Waals surface area contributed by atoms with E-state index >= 15 is 0 Å². The van der Waals surface area contributed by atoms with Crippen LogP contribution in [0.5, 0.6) is 6.01 Å². The second-order valence-electron chi connectivity index (χ2n) is 8.06. The normalized spacial score (nSPS) is 32.3. The number of hydrogen-bond donors (Lipinski definition) is 3. The van der Waals surface area contributed by atoms with E-state index in [1.54, 1.807) is 6.07 Å². The molecular weight excluding hydrogens is 408 g/mol. The molecule has 1 aliphatic carbocycles. The standard InChI is InChI=1S/C21H21ClN4O4/c22-12-7-14-20(25-19(12)23-13-6-11(13)10-4-2-1-3-5-10)26-21(24-14)30-16-9-29-17-15(27)8-28-18(16)17/h1-5,7,11,13,15-18,27H,6,8-9H2,(H2,23,24,25,26)/t11-,13+,15-,16-,17?,18-/m1/s1. The first-order chi connectivity index (χ1) is 14.7. The van der Waals surface area contributed by atoms with Gasteiger partial charge in [0, 0.05) is 12.0 Å². The van der Waals surface area contributed by atoms with Crippen LogP contribution in [0.25, 0.3) is 11.2 Å². The molecule has 1 aromatic carbocycles. The third-order valence-corrected chi connectivity index (χ3v) is 6.28. The van der Waals surface area contributed by atoms with Gasteiger partial charge in [0.1, 0.15) is 24.1 Å². The maximum Gasteiger partial charge on any atom is 0.296 e. The summed E-state index contributed by atoms with van der Waals surface area (Å²) in [6.07, 6.45) is -0.551. The van der Waals surface area contributed by atoms with Crippen molar-refractivity contribution < 1.29 is 19.3 Å². The highest BCUT2D eigenvalue weighted by atomic mass is 35.5. The molecule has 2 saturated heterocycles. The van der Waals surface area contributed by atoms with Gasteiger partial charge in [0.2, 0.25) is 0 Å². The minimum absolute atomic E-state index is 0.257. The summed E-state index contributed by atoms with van der Waals surface area (Å²) >= 11 is 6.46. The average molecular weight is 429 g/mol. The number of ether oxygens (including phenoxy) is 3. The molecule has 6 atom stereocenters. The minimum Gasteiger partial charge on any atom is -0.456 e. The van der Waals surface area contributed by atoms with Crippen LogP contribution in [0.4, 0.5) is 5.82 Å². The summed E-state index contributed by atoms with van der Waals surface area (Å²) in [4.78, 5) is 12.1. The van der Waals surface area contributed by atoms with E-state index in [0.29, 0.717) is 46.6 Å². The number of fused-ring (bicyclic) bond motifs is 2. The van der Waals surface area contributed by atoms with Gasteiger partial charge in [-0.3, -0.25) is 0 Å². The first kappa shape index (κ1) is 18.4. The molecule has 156 valence electrons. The number of anilines is 1. The number of hydrogen-bond acceptors (Lipinski definition) is 7. The van der Waals surface area contributed by atoms with Gasteiger partial charge in [0.15, 0.2) is 11.8 Å². The third kappa shape index (κ3) is 3.20. The van der Waals surface area contributed by atoms with Gasteiger partial charge in [0.25, 0.3) is 6.01 Å². The zero-order valence-corrected chi connectivity index (χ0v) is 16.7. The van der Waals surface area contributed by atoms with Crippen LogP contribution in [0.3, 0.4) is 0 Å². The topological polar surface area (TPSA) is 102 Å². The zero-order valence-electron chi connectivity index (χ0n) is 16.0. The number of imidazole rings is 1. The Labute approximate surface area is 177 Å². The van der Waals surface area contributed by atoms with Gasteiger partial charge in [-0.2, -0.15) is 4.98 Å². The van der Waals surface area contributed by atoms with Gasteiger partial charge in [-0.15, -0.1) is 0 Å². The van der Waals surface area contributed by atoms with Crippen molar-refractivity contribution in [1.29, 1.82) is 0 Å². The van der Waals surface area contributed by atoms with Crippen LogP contribution in [0.2, 0.25) is 5.02 Å². The molecule has 0 bridgehead atoms. The van der Waals surface area contributed by atoms with Crippen LogP contribution in [0.1, 0.15) is 17.9 Å². The van der Waals surface area contributed by atoms with Crippen molar-refractivity contribution >= 4 is 28.6 Å². The van der Waals surface area contributed by atoms with E-state index in [0.717, 1.165) is 6.42 Å². The molecule has 2 aromatic heterocycles. The van der Waals surface area contributed by atoms with Crippen molar-refractivity contribution in [2.45, 2.75) is 42.8 Å². The highest BCUT2D eigenvalue weighted by molar-refractivity contribution is 6.33. The SMILES string of the molecule is O[C@@H]1CO[C@H]2C1OC[C@H]2Oc1nc2nc(N[C@H]3C[C@@H]3c3ccccc3)c(Cl)cc2[nH]1. The van der Waals surface area contributed by atoms with E-state index in [9.17, 15) is 5.11 Å². The number of nitrogens with one attached hydrogen (secondary N) is 2. The number of rotatable bonds is 5. The lowest BCUT2D eigenvalue weighted by atomic mass is 10.1. The maximum absolute atomic E-state index is 9.87. The van der Waals surface area contributed by atoms with Gasteiger partial charge < -0.3 is 29.6 Å². The first-order valence-corrected chi connectivity index (χ1v) is 10.5. The van der Waals surface area contributed by atoms with E-state index < -0.39 is 6.10 Å². The Bertz CT molecular complexity index is 1080. The molecule has 2 aliphatic heterocycles. The fourth-order valence-electron chi connectivity index (χ4n) is 4.34. The first-order valence-electron chi connectivity index (χ1n) is 10.1. The number of aromatic amines is 1. The van der Waals surface area contributed by atoms with Crippen LogP contribution in [0, 0.1) is 0 Å². The minimum atomic E-state index is -0.615. The molecule has 8 nitrogen and oxygen atoms in total. The lowest BCUT2D eigenvalue weighted by Crippen LogP contribution is -2.34. The summed E-state index contributed by atoms with van der Waals surface area (Å²) in [5.74, 6) is 1.09. The van der Waals surface area contributed by atoms with Crippen molar-refractivity contribution in [3.8, 4) is 6.01 Å². The van der Waals surface area contributed by atoms with Crippen LogP contribution >= 0.6 is 11.6 Å². The van der Waals surface area contributed by atoms with Gasteiger partial charge in [-0.1, -0.05) is 41.9 Å². The second kappa shape index (κ2) is 7.09. The van der Waals surface area contributed by atoms with E-state index in [1.165, 1.54) is 5.56 Å². The molecule has 9 heteroatoms. The predicted octanol–water partition coefficient (Wildman–Crippen LogP) is 2.49. The van der Waals surface area contributed by atoms with Crippen LogP contribution in [-0.2, 0) is 9.47 Å². The number of aliphatic hydroxyl groups is 1. The van der Waals surface area contributed by atoms with Crippen LogP contribution < -0.4 is 10.1 Å². The lowest BCUT2D eigenvalue weighted by molar-refractivity contribution is 0.00706. The maximum atomic E-state index is 9.87. The van der Waals surface area contributed by atoms with Gasteiger partial charge in [-0.25, -0.2) is 4.98 Å². The second-order valence-corrected chi connectivity index (χ2v) is 8.46.